The van der Waals surface area contributed by atoms with E-state index >= 15 is 0 Å². The number of carbonyl (C=O) groups is 1. The minimum atomic E-state index is -0.665. The topological polar surface area (TPSA) is 146 Å². The van der Waals surface area contributed by atoms with Crippen LogP contribution in [0.3, 0.4) is 0 Å². The number of carbonyl (C=O) groups excluding carboxylic acids is 1. The summed E-state index contributed by atoms with van der Waals surface area (Å²) >= 11 is 0. The second-order valence-electron chi connectivity index (χ2n) is 8.03. The molecule has 3 rings (SSSR count). The summed E-state index contributed by atoms with van der Waals surface area (Å²) in [4.78, 5) is 25.5. The fraction of sp³-hybridized carbons (Fsp3) is 0.409. The molecule has 5 N–H and O–H groups in total. The van der Waals surface area contributed by atoms with Gasteiger partial charge in [0.1, 0.15) is 17.9 Å². The quantitative estimate of drug-likeness (QED) is 0.151. The molecule has 0 aliphatic carbocycles. The van der Waals surface area contributed by atoms with Crippen LogP contribution in [-0.2, 0) is 11.2 Å². The van der Waals surface area contributed by atoms with Crippen molar-refractivity contribution < 1.29 is 19.7 Å². The fourth-order valence-corrected chi connectivity index (χ4v) is 4.02. The van der Waals surface area contributed by atoms with Gasteiger partial charge in [-0.3, -0.25) is 20.8 Å². The van der Waals surface area contributed by atoms with E-state index in [1.165, 1.54) is 6.07 Å². The lowest BCUT2D eigenvalue weighted by atomic mass is 9.85. The van der Waals surface area contributed by atoms with Gasteiger partial charge in [0.2, 0.25) is 0 Å². The van der Waals surface area contributed by atoms with Gasteiger partial charge in [-0.2, -0.15) is 0 Å². The minimum Gasteiger partial charge on any atom is -0.491 e. The Hall–Kier alpha value is -3.53. The van der Waals surface area contributed by atoms with E-state index < -0.39 is 11.3 Å². The number of nitrogens with two attached hydrogens (primary N) is 2. The Bertz CT molecular complexity index is 1120. The molecule has 10 nitrogen and oxygen atoms in total. The summed E-state index contributed by atoms with van der Waals surface area (Å²) in [6.45, 7) is 7.16. The number of nitrogens with zero attached hydrogens (tertiary/aromatic N) is 3. The van der Waals surface area contributed by atoms with E-state index in [4.69, 9.17) is 20.7 Å². The van der Waals surface area contributed by atoms with Gasteiger partial charge in [0.25, 0.3) is 0 Å². The van der Waals surface area contributed by atoms with Crippen LogP contribution >= 0.6 is 0 Å². The highest BCUT2D eigenvalue weighted by Crippen LogP contribution is 2.40. The third-order valence-corrected chi connectivity index (χ3v) is 5.49. The second-order valence-corrected chi connectivity index (χ2v) is 8.03. The van der Waals surface area contributed by atoms with Gasteiger partial charge in [0, 0.05) is 36.2 Å². The molecule has 1 unspecified atom stereocenters. The van der Waals surface area contributed by atoms with Gasteiger partial charge in [0.05, 0.1) is 17.4 Å². The number of benzene rings is 1. The van der Waals surface area contributed by atoms with Crippen molar-refractivity contribution in [3.8, 4) is 17.0 Å². The number of rotatable bonds is 6. The van der Waals surface area contributed by atoms with E-state index in [9.17, 15) is 9.59 Å². The summed E-state index contributed by atoms with van der Waals surface area (Å²) in [7, 11) is 1.63. The molecule has 0 saturated heterocycles. The van der Waals surface area contributed by atoms with Gasteiger partial charge >= 0.3 is 11.9 Å². The maximum atomic E-state index is 12.9. The smallest absolute Gasteiger partial charge is 0.414 e. The van der Waals surface area contributed by atoms with Crippen LogP contribution in [0.1, 0.15) is 41.4 Å². The monoisotopic (exact) mass is 441 g/mol. The lowest BCUT2D eigenvalue weighted by molar-refractivity contribution is -0.119. The summed E-state index contributed by atoms with van der Waals surface area (Å²) in [6.07, 6.45) is 2.33. The van der Waals surface area contributed by atoms with Crippen LogP contribution in [0, 0.1) is 12.8 Å². The van der Waals surface area contributed by atoms with Crippen LogP contribution in [0.2, 0.25) is 0 Å². The van der Waals surface area contributed by atoms with E-state index in [-0.39, 0.29) is 23.5 Å². The number of amides is 1. The Balaban J connectivity index is 2.08. The molecule has 1 atom stereocenters. The first kappa shape index (κ1) is 23.1. The van der Waals surface area contributed by atoms with Gasteiger partial charge < -0.3 is 14.0 Å². The first-order valence-electron chi connectivity index (χ1n) is 10.3. The van der Waals surface area contributed by atoms with Crippen LogP contribution < -0.4 is 26.7 Å². The van der Waals surface area contributed by atoms with E-state index in [1.807, 2.05) is 23.6 Å². The zero-order valence-electron chi connectivity index (χ0n) is 18.7. The number of hydrogen-bond acceptors (Lipinski definition) is 5. The molecule has 0 bridgehead atoms. The molecule has 0 radical (unpaired) electrons. The largest absolute Gasteiger partial charge is 0.491 e. The third-order valence-electron chi connectivity index (χ3n) is 5.49. The van der Waals surface area contributed by atoms with Crippen molar-refractivity contribution in [1.29, 1.82) is 0 Å². The molecule has 32 heavy (non-hydrogen) atoms. The SMILES string of the molecule is COCCOc1cc(C)c2c(c1)CC(C(C)C)n1cc(C(=O)NC(=[NH2+])/N=N\N)c(=O)cc1-2. The molecule has 0 saturated carbocycles. The Morgan fingerprint density at radius 3 is 2.75 bits per heavy atom. The number of pyridine rings is 1. The molecule has 1 aliphatic rings. The van der Waals surface area contributed by atoms with Crippen LogP contribution in [0.25, 0.3) is 11.3 Å². The molecule has 1 aromatic carbocycles. The van der Waals surface area contributed by atoms with Crippen molar-refractivity contribution in [2.45, 2.75) is 33.2 Å². The number of methoxy groups -OCH3 is 1. The molecule has 1 amide bonds. The van der Waals surface area contributed by atoms with Gasteiger partial charge in [-0.25, -0.2) is 5.32 Å². The van der Waals surface area contributed by atoms with E-state index in [0.717, 1.165) is 34.6 Å². The highest BCUT2D eigenvalue weighted by molar-refractivity contribution is 6.04. The highest BCUT2D eigenvalue weighted by Gasteiger charge is 2.30. The average Bonchev–Trinajstić information content (AvgIpc) is 2.72. The third kappa shape index (κ3) is 4.70. The molecular formula is C22H29N6O4+. The number of aromatic nitrogens is 1. The molecule has 0 fully saturated rings. The van der Waals surface area contributed by atoms with E-state index in [2.05, 4.69) is 29.5 Å². The van der Waals surface area contributed by atoms with Crippen LogP contribution in [0.4, 0.5) is 0 Å². The highest BCUT2D eigenvalue weighted by atomic mass is 16.5. The predicted molar refractivity (Wildman–Crippen MR) is 119 cm³/mol. The van der Waals surface area contributed by atoms with E-state index in [1.54, 1.807) is 13.3 Å². The van der Waals surface area contributed by atoms with Crippen molar-refractivity contribution in [3.63, 3.8) is 0 Å². The maximum absolute atomic E-state index is 12.9. The van der Waals surface area contributed by atoms with Crippen molar-refractivity contribution in [2.75, 3.05) is 20.3 Å². The molecule has 170 valence electrons. The van der Waals surface area contributed by atoms with Gasteiger partial charge in [-0.1, -0.05) is 13.8 Å². The van der Waals surface area contributed by atoms with Crippen molar-refractivity contribution in [3.05, 3.63) is 51.3 Å². The Labute approximate surface area is 185 Å². The minimum absolute atomic E-state index is 0.0322. The summed E-state index contributed by atoms with van der Waals surface area (Å²) in [5, 5.41) is 14.3. The Kier molecular flexibility index (Phi) is 7.04. The number of ether oxygens (including phenoxy) is 2. The number of nitrogens with one attached hydrogen (secondary N) is 1. The number of guanidine groups is 1. The standard InChI is InChI=1S/C22H28N6O4/c1-12(2)17-9-14-8-15(32-6-5-31-4)7-13(3)20(14)18-10-19(29)16(11-28(17)18)21(30)25-22(23)26-27-24/h7-8,10-12,17H,5-6,9H2,1-4H3,(H4,23,24,25,26,30)/p+1. The van der Waals surface area contributed by atoms with Gasteiger partial charge in [0.15, 0.2) is 5.43 Å². The van der Waals surface area contributed by atoms with Crippen LogP contribution in [0.5, 0.6) is 5.75 Å². The van der Waals surface area contributed by atoms with Crippen LogP contribution in [0.15, 0.2) is 39.5 Å². The average molecular weight is 442 g/mol. The lowest BCUT2D eigenvalue weighted by Crippen LogP contribution is -2.50. The van der Waals surface area contributed by atoms with Crippen molar-refractivity contribution in [2.24, 2.45) is 22.1 Å². The number of hydrogen-bond donors (Lipinski definition) is 3. The molecule has 0 spiro atoms. The van der Waals surface area contributed by atoms with Gasteiger partial charge in [-0.05, 0) is 42.5 Å². The van der Waals surface area contributed by atoms with Crippen molar-refractivity contribution >= 4 is 11.9 Å². The summed E-state index contributed by atoms with van der Waals surface area (Å²) < 4.78 is 12.9. The first-order chi connectivity index (χ1) is 15.3. The number of aryl methyl sites for hydroxylation is 1. The molecule has 2 heterocycles. The number of fused-ring (bicyclic) bond motifs is 3. The first-order valence-corrected chi connectivity index (χ1v) is 10.3. The lowest BCUT2D eigenvalue weighted by Gasteiger charge is -2.34. The normalized spacial score (nSPS) is 14.8. The zero-order chi connectivity index (χ0) is 23.4. The van der Waals surface area contributed by atoms with Gasteiger partial charge in [-0.15, -0.1) is 0 Å². The molecule has 10 heteroatoms. The zero-order valence-corrected chi connectivity index (χ0v) is 18.7. The molecule has 2 aromatic rings. The fourth-order valence-electron chi connectivity index (χ4n) is 4.02. The van der Waals surface area contributed by atoms with Crippen LogP contribution in [-0.4, -0.2) is 36.8 Å². The predicted octanol–water partition coefficient (Wildman–Crippen LogP) is 0.773. The van der Waals surface area contributed by atoms with Crippen molar-refractivity contribution in [1.82, 2.24) is 9.88 Å². The molecular weight excluding hydrogens is 412 g/mol. The summed E-state index contributed by atoms with van der Waals surface area (Å²) in [5.74, 6) is 5.01. The summed E-state index contributed by atoms with van der Waals surface area (Å²) in [5.41, 5.74) is 3.40. The Morgan fingerprint density at radius 2 is 2.09 bits per heavy atom. The van der Waals surface area contributed by atoms with E-state index in [0.29, 0.717) is 13.2 Å². The second kappa shape index (κ2) is 9.73. The molecule has 1 aliphatic heterocycles. The summed E-state index contributed by atoms with van der Waals surface area (Å²) in [6, 6.07) is 5.52. The molecule has 1 aromatic heterocycles. The maximum Gasteiger partial charge on any atom is 0.414 e. The Morgan fingerprint density at radius 1 is 1.34 bits per heavy atom.